The first kappa shape index (κ1) is 33.5. The van der Waals surface area contributed by atoms with Crippen molar-refractivity contribution >= 4 is 34.0 Å². The summed E-state index contributed by atoms with van der Waals surface area (Å²) >= 11 is 0. The summed E-state index contributed by atoms with van der Waals surface area (Å²) in [5, 5.41) is -4.74. The van der Waals surface area contributed by atoms with Gasteiger partial charge in [-0.25, -0.2) is 0 Å². The van der Waals surface area contributed by atoms with Gasteiger partial charge in [0.15, 0.2) is 6.10 Å². The number of carbonyl (C=O) groups is 4. The van der Waals surface area contributed by atoms with E-state index in [1.165, 1.54) is 19.3 Å². The summed E-state index contributed by atoms with van der Waals surface area (Å²) in [4.78, 5) is 51.2. The number of ether oxygens (including phenoxy) is 5. The number of esters is 4. The molecule has 15 heteroatoms. The number of hydrogen-bond donors (Lipinski definition) is 1. The second kappa shape index (κ2) is 11.9. The molecule has 6 saturated carbocycles. The van der Waals surface area contributed by atoms with E-state index in [1.54, 1.807) is 0 Å². The average Bonchev–Trinajstić information content (AvgIpc) is 3.56. The molecule has 0 amide bonds. The molecule has 46 heavy (non-hydrogen) atoms. The lowest BCUT2D eigenvalue weighted by Gasteiger charge is -2.56. The zero-order valence-electron chi connectivity index (χ0n) is 26.1. The van der Waals surface area contributed by atoms with Crippen LogP contribution in [0.15, 0.2) is 0 Å². The first-order valence-electron chi connectivity index (χ1n) is 16.2. The molecule has 0 aromatic carbocycles. The standard InChI is InChI=1S/C31H42F2O12S/c1-14(2)29(41-13-30-10-16-6-17(11-30)8-18(7-16)12-30)45-28(37)24-19-9-20-23(24)27(36)44-26(20)25(19)43-22(35)5-4-21(34)42-15(3)31(32,33)46(38,39)40/h14-20,23-26,29H,4-13H2,1-3H3,(H,38,39,40)/t15?,16?,17?,18?,19?,20?,23-,24?,25?,26?,29?,30?/m1/s1. The molecule has 6 bridgehead atoms. The van der Waals surface area contributed by atoms with Crippen LogP contribution in [0.4, 0.5) is 8.78 Å². The van der Waals surface area contributed by atoms with Crippen molar-refractivity contribution in [3.63, 3.8) is 0 Å². The molecule has 0 spiro atoms. The van der Waals surface area contributed by atoms with Crippen LogP contribution in [-0.4, -0.2) is 73.3 Å². The van der Waals surface area contributed by atoms with E-state index in [-0.39, 0.29) is 17.3 Å². The fourth-order valence-electron chi connectivity index (χ4n) is 9.70. The van der Waals surface area contributed by atoms with Crippen LogP contribution >= 0.6 is 0 Å². The fraction of sp³-hybridized carbons (Fsp3) is 0.871. The van der Waals surface area contributed by atoms with Crippen LogP contribution in [0.3, 0.4) is 0 Å². The van der Waals surface area contributed by atoms with Gasteiger partial charge in [0.25, 0.3) is 0 Å². The maximum absolute atomic E-state index is 13.7. The molecular formula is C31H42F2O12S. The van der Waals surface area contributed by atoms with E-state index < -0.39 is 94.4 Å². The molecule has 1 saturated heterocycles. The zero-order valence-corrected chi connectivity index (χ0v) is 26.9. The van der Waals surface area contributed by atoms with E-state index in [9.17, 15) is 36.4 Å². The van der Waals surface area contributed by atoms with Gasteiger partial charge < -0.3 is 23.7 Å². The minimum Gasteiger partial charge on any atom is -0.458 e. The summed E-state index contributed by atoms with van der Waals surface area (Å²) in [7, 11) is -5.84. The van der Waals surface area contributed by atoms with Crippen molar-refractivity contribution in [3.05, 3.63) is 0 Å². The number of hydrogen-bond acceptors (Lipinski definition) is 11. The lowest BCUT2D eigenvalue weighted by Crippen LogP contribution is -2.49. The minimum atomic E-state index is -5.84. The first-order chi connectivity index (χ1) is 21.5. The Morgan fingerprint density at radius 2 is 1.54 bits per heavy atom. The van der Waals surface area contributed by atoms with E-state index in [1.807, 2.05) is 13.8 Å². The summed E-state index contributed by atoms with van der Waals surface area (Å²) in [5.74, 6) is -3.89. The predicted octanol–water partition coefficient (Wildman–Crippen LogP) is 3.66. The van der Waals surface area contributed by atoms with Crippen molar-refractivity contribution in [3.8, 4) is 0 Å². The molecule has 1 heterocycles. The number of halogens is 2. The Bertz CT molecular complexity index is 1330. The van der Waals surface area contributed by atoms with Crippen molar-refractivity contribution in [2.45, 2.75) is 108 Å². The van der Waals surface area contributed by atoms with Crippen LogP contribution in [0.25, 0.3) is 0 Å². The van der Waals surface area contributed by atoms with Crippen LogP contribution in [-0.2, 0) is 53.0 Å². The Labute approximate surface area is 266 Å². The summed E-state index contributed by atoms with van der Waals surface area (Å²) in [6, 6.07) is 0. The van der Waals surface area contributed by atoms with Gasteiger partial charge in [0, 0.05) is 17.8 Å². The highest BCUT2D eigenvalue weighted by Crippen LogP contribution is 2.61. The second-order valence-corrected chi connectivity index (χ2v) is 16.4. The molecule has 7 unspecified atom stereocenters. The molecule has 12 nitrogen and oxygen atoms in total. The lowest BCUT2D eigenvalue weighted by molar-refractivity contribution is -0.214. The molecule has 8 atom stereocenters. The van der Waals surface area contributed by atoms with Crippen molar-refractivity contribution in [1.29, 1.82) is 0 Å². The van der Waals surface area contributed by atoms with Crippen LogP contribution in [0, 0.1) is 52.8 Å². The molecule has 0 radical (unpaired) electrons. The molecule has 1 N–H and O–H groups in total. The largest absolute Gasteiger partial charge is 0.458 e. The van der Waals surface area contributed by atoms with Gasteiger partial charge in [-0.15, -0.1) is 0 Å². The van der Waals surface area contributed by atoms with Crippen molar-refractivity contribution < 1.29 is 64.6 Å². The topological polar surface area (TPSA) is 169 Å². The molecule has 0 aromatic heterocycles. The van der Waals surface area contributed by atoms with Gasteiger partial charge in [-0.1, -0.05) is 13.8 Å². The molecule has 7 fully saturated rings. The highest BCUT2D eigenvalue weighted by Gasteiger charge is 2.70. The van der Waals surface area contributed by atoms with Crippen LogP contribution in [0.5, 0.6) is 0 Å². The van der Waals surface area contributed by atoms with E-state index in [0.717, 1.165) is 37.0 Å². The van der Waals surface area contributed by atoms with E-state index >= 15 is 0 Å². The van der Waals surface area contributed by atoms with Crippen molar-refractivity contribution in [1.82, 2.24) is 0 Å². The molecule has 7 aliphatic rings. The highest BCUT2D eigenvalue weighted by molar-refractivity contribution is 7.86. The first-order valence-corrected chi connectivity index (χ1v) is 17.7. The molecule has 0 aromatic rings. The Hall–Kier alpha value is -2.39. The third-order valence-corrected chi connectivity index (χ3v) is 12.3. The normalized spacial score (nSPS) is 38.5. The quantitative estimate of drug-likeness (QED) is 0.130. The van der Waals surface area contributed by atoms with Gasteiger partial charge in [0.2, 0.25) is 6.29 Å². The van der Waals surface area contributed by atoms with Crippen molar-refractivity contribution in [2.75, 3.05) is 6.61 Å². The van der Waals surface area contributed by atoms with Gasteiger partial charge in [0.05, 0.1) is 31.3 Å². The van der Waals surface area contributed by atoms with Gasteiger partial charge >= 0.3 is 39.2 Å². The van der Waals surface area contributed by atoms with Gasteiger partial charge in [-0.2, -0.15) is 17.2 Å². The number of fused-ring (bicyclic) bond motifs is 1. The molecule has 7 rings (SSSR count). The summed E-state index contributed by atoms with van der Waals surface area (Å²) in [5.41, 5.74) is 0.115. The third kappa shape index (κ3) is 6.04. The zero-order chi connectivity index (χ0) is 33.3. The summed E-state index contributed by atoms with van der Waals surface area (Å²) in [6.45, 7) is 4.91. The van der Waals surface area contributed by atoms with Crippen LogP contribution < -0.4 is 0 Å². The number of carbonyl (C=O) groups excluding carboxylic acids is 4. The SMILES string of the molecule is CC(C)C(OCC12CC3CC(CC(C3)C1)C2)OC(=O)C1C2CC3C(OC(=O)[C@H]31)C2OC(=O)CCC(=O)OC(C)C(F)(F)S(=O)(=O)O. The highest BCUT2D eigenvalue weighted by atomic mass is 32.2. The second-order valence-electron chi connectivity index (χ2n) is 14.9. The minimum absolute atomic E-state index is 0.115. The number of rotatable bonds is 13. The van der Waals surface area contributed by atoms with Gasteiger partial charge in [0.1, 0.15) is 12.2 Å². The summed E-state index contributed by atoms with van der Waals surface area (Å²) in [6.07, 6.45) is 1.33. The molecule has 258 valence electrons. The van der Waals surface area contributed by atoms with E-state index in [0.29, 0.717) is 20.0 Å². The average molecular weight is 677 g/mol. The van der Waals surface area contributed by atoms with E-state index in [2.05, 4.69) is 4.74 Å². The maximum atomic E-state index is 13.7. The Balaban J connectivity index is 1.05. The smallest absolute Gasteiger partial charge is 0.405 e. The molecule has 1 aliphatic heterocycles. The lowest BCUT2D eigenvalue weighted by atomic mass is 9.50. The third-order valence-electron chi connectivity index (χ3n) is 11.2. The van der Waals surface area contributed by atoms with Crippen LogP contribution in [0.2, 0.25) is 0 Å². The van der Waals surface area contributed by atoms with Crippen LogP contribution in [0.1, 0.15) is 78.6 Å². The Kier molecular flexibility index (Phi) is 8.70. The van der Waals surface area contributed by atoms with Crippen molar-refractivity contribution in [2.24, 2.45) is 52.8 Å². The predicted molar refractivity (Wildman–Crippen MR) is 151 cm³/mol. The maximum Gasteiger partial charge on any atom is 0.405 e. The van der Waals surface area contributed by atoms with Gasteiger partial charge in [-0.3, -0.25) is 23.7 Å². The Morgan fingerprint density at radius 3 is 2.11 bits per heavy atom. The Morgan fingerprint density at radius 1 is 0.957 bits per heavy atom. The number of alkyl halides is 2. The fourth-order valence-corrected chi connectivity index (χ4v) is 10.2. The molecule has 6 aliphatic carbocycles. The summed E-state index contributed by atoms with van der Waals surface area (Å²) < 4.78 is 85.5. The monoisotopic (exact) mass is 676 g/mol. The van der Waals surface area contributed by atoms with Gasteiger partial charge in [-0.05, 0) is 75.0 Å². The molecular weight excluding hydrogens is 634 g/mol. The van der Waals surface area contributed by atoms with E-state index in [4.69, 9.17) is 23.5 Å².